The van der Waals surface area contributed by atoms with Crippen molar-refractivity contribution in [3.8, 4) is 0 Å². The quantitative estimate of drug-likeness (QED) is 0.390. The monoisotopic (exact) mass is 538 g/mol. The molecule has 1 fully saturated rings. The number of amides is 2. The van der Waals surface area contributed by atoms with Gasteiger partial charge in [0.1, 0.15) is 11.5 Å². The first-order valence-electron chi connectivity index (χ1n) is 14.2. The number of nitrogens with one attached hydrogen (secondary N) is 1. The molecular formula is C34H38N2O4. The molecule has 6 nitrogen and oxygen atoms in total. The fourth-order valence-corrected chi connectivity index (χ4v) is 6.04. The summed E-state index contributed by atoms with van der Waals surface area (Å²) in [6, 6.07) is 27.0. The zero-order valence-electron chi connectivity index (χ0n) is 23.6. The summed E-state index contributed by atoms with van der Waals surface area (Å²) in [4.78, 5) is 43.0. The third-order valence-electron chi connectivity index (χ3n) is 8.12. The molecule has 0 radical (unpaired) electrons. The van der Waals surface area contributed by atoms with Gasteiger partial charge in [-0.1, -0.05) is 78.9 Å². The second-order valence-electron chi connectivity index (χ2n) is 12.0. The Morgan fingerprint density at radius 3 is 2.23 bits per heavy atom. The molecule has 1 aliphatic carbocycles. The van der Waals surface area contributed by atoms with Gasteiger partial charge in [-0.25, -0.2) is 0 Å². The number of fused-ring (bicyclic) bond motifs is 2. The number of aryl methyl sites for hydroxylation is 1. The average molecular weight is 539 g/mol. The maximum Gasteiger partial charge on any atom is 0.311 e. The van der Waals surface area contributed by atoms with Gasteiger partial charge < -0.3 is 15.0 Å². The second kappa shape index (κ2) is 11.3. The molecule has 0 aromatic heterocycles. The van der Waals surface area contributed by atoms with Crippen molar-refractivity contribution in [2.75, 3.05) is 4.90 Å². The van der Waals surface area contributed by atoms with E-state index in [1.54, 1.807) is 0 Å². The van der Waals surface area contributed by atoms with Crippen LogP contribution >= 0.6 is 0 Å². The van der Waals surface area contributed by atoms with Crippen LogP contribution in [0.4, 0.5) is 5.69 Å². The van der Waals surface area contributed by atoms with E-state index in [1.165, 1.54) is 0 Å². The molecule has 3 aromatic carbocycles. The molecule has 1 spiro atoms. The van der Waals surface area contributed by atoms with Gasteiger partial charge in [0.2, 0.25) is 11.8 Å². The Bertz CT molecular complexity index is 1370. The van der Waals surface area contributed by atoms with Gasteiger partial charge in [-0.3, -0.25) is 14.4 Å². The molecular weight excluding hydrogens is 500 g/mol. The number of ether oxygens (including phenoxy) is 1. The fourth-order valence-electron chi connectivity index (χ4n) is 6.04. The minimum Gasteiger partial charge on any atom is -0.460 e. The fraction of sp³-hybridized carbons (Fsp3) is 0.382. The Kier molecular flexibility index (Phi) is 7.79. The molecule has 2 aliphatic rings. The summed E-state index contributed by atoms with van der Waals surface area (Å²) in [6.07, 6.45) is 2.11. The molecule has 3 atom stereocenters. The molecule has 1 heterocycles. The highest BCUT2D eigenvalue weighted by atomic mass is 16.5. The van der Waals surface area contributed by atoms with E-state index in [1.807, 2.05) is 111 Å². The Morgan fingerprint density at radius 1 is 0.925 bits per heavy atom. The maximum absolute atomic E-state index is 14.6. The summed E-state index contributed by atoms with van der Waals surface area (Å²) < 4.78 is 6.11. The number of benzene rings is 3. The Morgan fingerprint density at radius 2 is 1.55 bits per heavy atom. The van der Waals surface area contributed by atoms with Crippen LogP contribution in [0.15, 0.2) is 84.9 Å². The lowest BCUT2D eigenvalue weighted by Gasteiger charge is -2.45. The molecule has 208 valence electrons. The molecule has 1 aliphatic heterocycles. The second-order valence-corrected chi connectivity index (χ2v) is 12.0. The topological polar surface area (TPSA) is 75.7 Å². The van der Waals surface area contributed by atoms with Gasteiger partial charge in [0.15, 0.2) is 0 Å². The van der Waals surface area contributed by atoms with Gasteiger partial charge in [0.25, 0.3) is 0 Å². The average Bonchev–Trinajstić information content (AvgIpc) is 3.17. The standard InChI is InChI=1S/C34H38N2O4/c1-33(2,3)32(39)40-28-19-12-22-34(30(28)35-29(37)21-20-24-13-6-4-7-14-24)26-17-10-11-18-27(26)36(31(34)38)23-25-15-8-5-9-16-25/h4-11,13-18,28,30H,12,19-23H2,1-3H3,(H,35,37)/t28-,30+,34+/m1/s1. The summed E-state index contributed by atoms with van der Waals surface area (Å²) in [7, 11) is 0. The minimum atomic E-state index is -1.02. The smallest absolute Gasteiger partial charge is 0.311 e. The number of para-hydroxylation sites is 1. The van der Waals surface area contributed by atoms with Crippen LogP contribution in [0.25, 0.3) is 0 Å². The van der Waals surface area contributed by atoms with Gasteiger partial charge in [-0.05, 0) is 69.2 Å². The van der Waals surface area contributed by atoms with Crippen molar-refractivity contribution in [3.05, 3.63) is 102 Å². The number of hydrogen-bond donors (Lipinski definition) is 1. The summed E-state index contributed by atoms with van der Waals surface area (Å²) in [5, 5.41) is 3.22. The lowest BCUT2D eigenvalue weighted by molar-refractivity contribution is -0.165. The lowest BCUT2D eigenvalue weighted by Crippen LogP contribution is -2.63. The van der Waals surface area contributed by atoms with Crippen molar-refractivity contribution >= 4 is 23.5 Å². The van der Waals surface area contributed by atoms with Crippen molar-refractivity contribution in [1.82, 2.24) is 5.32 Å². The van der Waals surface area contributed by atoms with Crippen LogP contribution in [-0.4, -0.2) is 29.9 Å². The molecule has 5 rings (SSSR count). The SMILES string of the molecule is CC(C)(C)C(=O)O[C@@H]1CCC[C@@]2(C(=O)N(Cc3ccccc3)c3ccccc32)[C@H]1NC(=O)CCc1ccccc1. The first-order valence-corrected chi connectivity index (χ1v) is 14.2. The van der Waals surface area contributed by atoms with Gasteiger partial charge in [-0.15, -0.1) is 0 Å². The normalized spacial score (nSPS) is 22.2. The molecule has 0 saturated heterocycles. The molecule has 0 unspecified atom stereocenters. The molecule has 6 heteroatoms. The molecule has 1 N–H and O–H groups in total. The number of carbonyl (C=O) groups excluding carboxylic acids is 3. The predicted molar refractivity (Wildman–Crippen MR) is 156 cm³/mol. The first kappa shape index (κ1) is 27.6. The van der Waals surface area contributed by atoms with E-state index in [0.717, 1.165) is 22.4 Å². The van der Waals surface area contributed by atoms with Gasteiger partial charge in [0.05, 0.1) is 18.0 Å². The van der Waals surface area contributed by atoms with E-state index in [2.05, 4.69) is 5.32 Å². The molecule has 1 saturated carbocycles. The number of rotatable bonds is 7. The minimum absolute atomic E-state index is 0.0533. The molecule has 40 heavy (non-hydrogen) atoms. The van der Waals surface area contributed by atoms with Crippen molar-refractivity contribution in [2.24, 2.45) is 5.41 Å². The number of esters is 1. The maximum atomic E-state index is 14.6. The van der Waals surface area contributed by atoms with Gasteiger partial charge in [0, 0.05) is 12.1 Å². The lowest BCUT2D eigenvalue weighted by atomic mass is 9.65. The highest BCUT2D eigenvalue weighted by Crippen LogP contribution is 2.51. The van der Waals surface area contributed by atoms with Crippen LogP contribution in [0.3, 0.4) is 0 Å². The van der Waals surface area contributed by atoms with Crippen LogP contribution in [0.2, 0.25) is 0 Å². The molecule has 2 amide bonds. The van der Waals surface area contributed by atoms with E-state index >= 15 is 0 Å². The largest absolute Gasteiger partial charge is 0.460 e. The van der Waals surface area contributed by atoms with E-state index in [9.17, 15) is 14.4 Å². The van der Waals surface area contributed by atoms with Crippen molar-refractivity contribution in [3.63, 3.8) is 0 Å². The Labute approximate surface area is 236 Å². The van der Waals surface area contributed by atoms with E-state index in [4.69, 9.17) is 4.74 Å². The van der Waals surface area contributed by atoms with Crippen molar-refractivity contribution in [1.29, 1.82) is 0 Å². The van der Waals surface area contributed by atoms with E-state index in [-0.39, 0.29) is 24.2 Å². The van der Waals surface area contributed by atoms with Crippen LogP contribution in [0.1, 0.15) is 63.1 Å². The Hall–Kier alpha value is -3.93. The number of anilines is 1. The van der Waals surface area contributed by atoms with Crippen molar-refractivity contribution in [2.45, 2.75) is 77.0 Å². The third kappa shape index (κ3) is 5.40. The third-order valence-corrected chi connectivity index (χ3v) is 8.12. The summed E-state index contributed by atoms with van der Waals surface area (Å²) >= 11 is 0. The molecule has 0 bridgehead atoms. The van der Waals surface area contributed by atoms with Crippen LogP contribution in [0, 0.1) is 5.41 Å². The Balaban J connectivity index is 1.51. The highest BCUT2D eigenvalue weighted by molar-refractivity contribution is 6.09. The highest BCUT2D eigenvalue weighted by Gasteiger charge is 2.60. The van der Waals surface area contributed by atoms with Crippen LogP contribution in [0.5, 0.6) is 0 Å². The van der Waals surface area contributed by atoms with E-state index < -0.39 is 23.0 Å². The number of nitrogens with zero attached hydrogens (tertiary/aromatic N) is 1. The summed E-state index contributed by atoms with van der Waals surface area (Å²) in [5.74, 6) is -0.542. The van der Waals surface area contributed by atoms with E-state index in [0.29, 0.717) is 32.2 Å². The summed E-state index contributed by atoms with van der Waals surface area (Å²) in [5.41, 5.74) is 2.11. The van der Waals surface area contributed by atoms with Crippen LogP contribution in [-0.2, 0) is 37.5 Å². The summed E-state index contributed by atoms with van der Waals surface area (Å²) in [6.45, 7) is 5.89. The van der Waals surface area contributed by atoms with Crippen LogP contribution < -0.4 is 10.2 Å². The number of hydrogen-bond acceptors (Lipinski definition) is 4. The zero-order chi connectivity index (χ0) is 28.3. The first-order chi connectivity index (χ1) is 19.2. The van der Waals surface area contributed by atoms with Gasteiger partial charge >= 0.3 is 5.97 Å². The number of carbonyl (C=O) groups is 3. The van der Waals surface area contributed by atoms with Crippen molar-refractivity contribution < 1.29 is 19.1 Å². The predicted octanol–water partition coefficient (Wildman–Crippen LogP) is 5.73. The van der Waals surface area contributed by atoms with Gasteiger partial charge in [-0.2, -0.15) is 0 Å². The zero-order valence-corrected chi connectivity index (χ0v) is 23.6. The molecule has 3 aromatic rings.